The van der Waals surface area contributed by atoms with Gasteiger partial charge in [0.25, 0.3) is 0 Å². The lowest BCUT2D eigenvalue weighted by molar-refractivity contribution is -0.116. The molecule has 0 aliphatic carbocycles. The molecule has 0 aliphatic heterocycles. The summed E-state index contributed by atoms with van der Waals surface area (Å²) in [7, 11) is 0. The fourth-order valence-electron chi connectivity index (χ4n) is 1.18. The fourth-order valence-corrected chi connectivity index (χ4v) is 1.18. The van der Waals surface area contributed by atoms with Crippen LogP contribution in [0.15, 0.2) is 12.3 Å². The van der Waals surface area contributed by atoms with Gasteiger partial charge in [0.1, 0.15) is 5.82 Å². The highest BCUT2D eigenvalue weighted by Crippen LogP contribution is 2.06. The number of nitrogens with two attached hydrogens (primary N) is 1. The van der Waals surface area contributed by atoms with Crippen LogP contribution in [0.3, 0.4) is 0 Å². The summed E-state index contributed by atoms with van der Waals surface area (Å²) >= 11 is 0. The molecule has 0 saturated heterocycles. The highest BCUT2D eigenvalue weighted by atomic mass is 16.1. The van der Waals surface area contributed by atoms with Gasteiger partial charge in [-0.1, -0.05) is 0 Å². The van der Waals surface area contributed by atoms with E-state index in [2.05, 4.69) is 10.4 Å². The summed E-state index contributed by atoms with van der Waals surface area (Å²) in [6.07, 6.45) is 1.99. The van der Waals surface area contributed by atoms with Crippen molar-refractivity contribution < 1.29 is 4.79 Å². The Kier molecular flexibility index (Phi) is 3.64. The molecule has 0 spiro atoms. The van der Waals surface area contributed by atoms with Crippen LogP contribution in [-0.2, 0) is 11.3 Å². The molecule has 1 aromatic rings. The Hall–Kier alpha value is -1.36. The van der Waals surface area contributed by atoms with Gasteiger partial charge in [-0.05, 0) is 13.8 Å². The average Bonchev–Trinajstić information content (AvgIpc) is 2.50. The molecule has 0 bridgehead atoms. The van der Waals surface area contributed by atoms with Crippen LogP contribution >= 0.6 is 0 Å². The van der Waals surface area contributed by atoms with Crippen LogP contribution in [0.5, 0.6) is 0 Å². The van der Waals surface area contributed by atoms with Gasteiger partial charge in [-0.15, -0.1) is 0 Å². The number of rotatable bonds is 4. The van der Waals surface area contributed by atoms with Crippen molar-refractivity contribution in [3.63, 3.8) is 0 Å². The van der Waals surface area contributed by atoms with Gasteiger partial charge in [-0.2, -0.15) is 5.10 Å². The van der Waals surface area contributed by atoms with Crippen molar-refractivity contribution in [2.45, 2.75) is 32.9 Å². The fraction of sp³-hybridized carbons (Fsp3) is 0.556. The Labute approximate surface area is 83.3 Å². The molecular weight excluding hydrogens is 180 g/mol. The van der Waals surface area contributed by atoms with E-state index in [1.54, 1.807) is 23.9 Å². The van der Waals surface area contributed by atoms with Crippen LogP contribution in [-0.4, -0.2) is 21.7 Å². The van der Waals surface area contributed by atoms with Crippen molar-refractivity contribution in [1.29, 1.82) is 0 Å². The van der Waals surface area contributed by atoms with Crippen molar-refractivity contribution >= 4 is 11.7 Å². The van der Waals surface area contributed by atoms with Crippen molar-refractivity contribution in [1.82, 2.24) is 9.78 Å². The second kappa shape index (κ2) is 4.76. The van der Waals surface area contributed by atoms with E-state index in [1.165, 1.54) is 0 Å². The van der Waals surface area contributed by atoms with Crippen LogP contribution in [0.4, 0.5) is 5.82 Å². The lowest BCUT2D eigenvalue weighted by Gasteiger charge is -2.08. The molecule has 14 heavy (non-hydrogen) atoms. The molecule has 1 atom stereocenters. The third-order valence-electron chi connectivity index (χ3n) is 1.79. The third-order valence-corrected chi connectivity index (χ3v) is 1.79. The van der Waals surface area contributed by atoms with E-state index in [-0.39, 0.29) is 11.9 Å². The number of carbonyl (C=O) groups is 1. The molecule has 3 N–H and O–H groups in total. The van der Waals surface area contributed by atoms with Gasteiger partial charge >= 0.3 is 0 Å². The lowest BCUT2D eigenvalue weighted by atomic mass is 10.2. The number of aryl methyl sites for hydroxylation is 1. The maximum atomic E-state index is 11.4. The summed E-state index contributed by atoms with van der Waals surface area (Å²) in [5.74, 6) is 0.647. The molecule has 5 nitrogen and oxygen atoms in total. The van der Waals surface area contributed by atoms with Gasteiger partial charge in [0, 0.05) is 25.1 Å². The van der Waals surface area contributed by atoms with Crippen molar-refractivity contribution in [3.8, 4) is 0 Å². The van der Waals surface area contributed by atoms with Crippen LogP contribution in [0.25, 0.3) is 0 Å². The standard InChI is InChI=1S/C9H16N4O/c1-3-13-8(4-5-11-13)12-9(14)6-7(2)10/h4-5,7H,3,6,10H2,1-2H3,(H,12,14). The minimum atomic E-state index is -0.118. The second-order valence-electron chi connectivity index (χ2n) is 3.26. The highest BCUT2D eigenvalue weighted by molar-refractivity contribution is 5.90. The monoisotopic (exact) mass is 196 g/mol. The van der Waals surface area contributed by atoms with Crippen molar-refractivity contribution in [2.75, 3.05) is 5.32 Å². The molecule has 0 fully saturated rings. The Morgan fingerprint density at radius 1 is 1.79 bits per heavy atom. The average molecular weight is 196 g/mol. The zero-order valence-electron chi connectivity index (χ0n) is 8.53. The summed E-state index contributed by atoms with van der Waals surface area (Å²) in [5.41, 5.74) is 5.51. The summed E-state index contributed by atoms with van der Waals surface area (Å²) in [4.78, 5) is 11.4. The Bertz CT molecular complexity index is 306. The second-order valence-corrected chi connectivity index (χ2v) is 3.26. The number of carbonyl (C=O) groups excluding carboxylic acids is 1. The minimum Gasteiger partial charge on any atom is -0.327 e. The number of nitrogens with zero attached hydrogens (tertiary/aromatic N) is 2. The summed E-state index contributed by atoms with van der Waals surface area (Å²) in [6, 6.07) is 1.65. The van der Waals surface area contributed by atoms with Gasteiger partial charge < -0.3 is 11.1 Å². The van der Waals surface area contributed by atoms with Crippen LogP contribution in [0.2, 0.25) is 0 Å². The SMILES string of the molecule is CCn1nccc1NC(=O)CC(C)N. The van der Waals surface area contributed by atoms with Crippen LogP contribution in [0, 0.1) is 0 Å². The molecule has 0 saturated carbocycles. The van der Waals surface area contributed by atoms with E-state index >= 15 is 0 Å². The van der Waals surface area contributed by atoms with Gasteiger partial charge in [-0.3, -0.25) is 4.79 Å². The first-order chi connectivity index (χ1) is 6.63. The molecule has 1 amide bonds. The number of anilines is 1. The van der Waals surface area contributed by atoms with Crippen LogP contribution < -0.4 is 11.1 Å². The van der Waals surface area contributed by atoms with Gasteiger partial charge in [0.05, 0.1) is 6.20 Å². The number of aromatic nitrogens is 2. The normalized spacial score (nSPS) is 12.5. The van der Waals surface area contributed by atoms with E-state index in [0.717, 1.165) is 12.4 Å². The number of amides is 1. The molecule has 78 valence electrons. The first-order valence-electron chi connectivity index (χ1n) is 4.70. The zero-order chi connectivity index (χ0) is 10.6. The smallest absolute Gasteiger partial charge is 0.227 e. The number of nitrogens with one attached hydrogen (secondary N) is 1. The van der Waals surface area contributed by atoms with Gasteiger partial charge in [0.2, 0.25) is 5.91 Å². The quantitative estimate of drug-likeness (QED) is 0.739. The molecule has 0 radical (unpaired) electrons. The maximum Gasteiger partial charge on any atom is 0.227 e. The molecule has 1 aromatic heterocycles. The molecule has 1 heterocycles. The summed E-state index contributed by atoms with van der Waals surface area (Å²) in [5, 5.41) is 6.79. The van der Waals surface area contributed by atoms with Crippen LogP contribution in [0.1, 0.15) is 20.3 Å². The van der Waals surface area contributed by atoms with Gasteiger partial charge in [-0.25, -0.2) is 4.68 Å². The van der Waals surface area contributed by atoms with E-state index in [0.29, 0.717) is 6.42 Å². The van der Waals surface area contributed by atoms with Crippen molar-refractivity contribution in [3.05, 3.63) is 12.3 Å². The topological polar surface area (TPSA) is 72.9 Å². The Balaban J connectivity index is 2.55. The predicted molar refractivity (Wildman–Crippen MR) is 54.8 cm³/mol. The lowest BCUT2D eigenvalue weighted by Crippen LogP contribution is -2.24. The summed E-state index contributed by atoms with van der Waals surface area (Å²) in [6.45, 7) is 4.51. The maximum absolute atomic E-state index is 11.4. The van der Waals surface area contributed by atoms with E-state index in [4.69, 9.17) is 5.73 Å². The van der Waals surface area contributed by atoms with E-state index < -0.39 is 0 Å². The first kappa shape index (κ1) is 10.7. The molecule has 0 aromatic carbocycles. The molecular formula is C9H16N4O. The first-order valence-corrected chi connectivity index (χ1v) is 4.70. The molecule has 1 unspecified atom stereocenters. The molecule has 0 aliphatic rings. The van der Waals surface area contributed by atoms with E-state index in [1.807, 2.05) is 6.92 Å². The Morgan fingerprint density at radius 3 is 3.07 bits per heavy atom. The predicted octanol–water partition coefficient (Wildman–Crippen LogP) is 0.579. The number of hydrogen-bond donors (Lipinski definition) is 2. The number of hydrogen-bond acceptors (Lipinski definition) is 3. The minimum absolute atomic E-state index is 0.0739. The Morgan fingerprint density at radius 2 is 2.50 bits per heavy atom. The highest BCUT2D eigenvalue weighted by Gasteiger charge is 2.07. The summed E-state index contributed by atoms with van der Waals surface area (Å²) < 4.78 is 1.72. The van der Waals surface area contributed by atoms with Gasteiger partial charge in [0.15, 0.2) is 0 Å². The largest absolute Gasteiger partial charge is 0.327 e. The molecule has 1 rings (SSSR count). The van der Waals surface area contributed by atoms with E-state index in [9.17, 15) is 4.79 Å². The third kappa shape index (κ3) is 2.85. The zero-order valence-corrected chi connectivity index (χ0v) is 8.53. The van der Waals surface area contributed by atoms with Crippen molar-refractivity contribution in [2.24, 2.45) is 5.73 Å². The molecule has 5 heteroatoms.